The molecule has 0 amide bonds. The number of sulfonamides is 1. The molecule has 2 heterocycles. The van der Waals surface area contributed by atoms with E-state index in [-0.39, 0.29) is 36.4 Å². The fraction of sp³-hybridized carbons (Fsp3) is 0.480. The van der Waals surface area contributed by atoms with Crippen molar-refractivity contribution in [1.29, 1.82) is 0 Å². The minimum absolute atomic E-state index is 0.0504. The lowest BCUT2D eigenvalue weighted by Crippen LogP contribution is -2.44. The molecule has 0 bridgehead atoms. The third-order valence-electron chi connectivity index (χ3n) is 5.68. The Morgan fingerprint density at radius 2 is 1.85 bits per heavy atom. The van der Waals surface area contributed by atoms with Crippen LogP contribution in [-0.2, 0) is 26.0 Å². The van der Waals surface area contributed by atoms with E-state index in [2.05, 4.69) is 15.0 Å². The van der Waals surface area contributed by atoms with Gasteiger partial charge in [0.15, 0.2) is 0 Å². The maximum Gasteiger partial charge on any atom is 0.305 e. The summed E-state index contributed by atoms with van der Waals surface area (Å²) in [6, 6.07) is 8.36. The van der Waals surface area contributed by atoms with Crippen LogP contribution in [0, 0.1) is 12.8 Å². The Kier molecular flexibility index (Phi) is 8.43. The molecule has 1 atom stereocenters. The van der Waals surface area contributed by atoms with E-state index in [0.29, 0.717) is 12.8 Å². The van der Waals surface area contributed by atoms with Crippen molar-refractivity contribution in [3.8, 4) is 0 Å². The minimum Gasteiger partial charge on any atom is -0.464 e. The van der Waals surface area contributed by atoms with Gasteiger partial charge >= 0.3 is 5.97 Å². The summed E-state index contributed by atoms with van der Waals surface area (Å²) in [6.07, 6.45) is 3.14. The number of pyridine rings is 1. The van der Waals surface area contributed by atoms with Crippen LogP contribution in [-0.4, -0.2) is 52.8 Å². The van der Waals surface area contributed by atoms with Crippen molar-refractivity contribution in [2.75, 3.05) is 13.2 Å². The minimum atomic E-state index is -3.76. The van der Waals surface area contributed by atoms with Gasteiger partial charge in [-0.3, -0.25) is 9.78 Å². The first kappa shape index (κ1) is 25.8. The molecule has 0 aliphatic rings. The Hall–Kier alpha value is -2.78. The number of likely N-dealkylation sites (N-methyl/N-ethyl adjacent to an activating group) is 1. The zero-order valence-corrected chi connectivity index (χ0v) is 21.4. The lowest BCUT2D eigenvalue weighted by atomic mass is 10.0. The van der Waals surface area contributed by atoms with Gasteiger partial charge in [0.25, 0.3) is 0 Å². The van der Waals surface area contributed by atoms with E-state index in [1.807, 2.05) is 39.0 Å². The zero-order chi connectivity index (χ0) is 24.9. The fourth-order valence-corrected chi connectivity index (χ4v) is 5.71. The van der Waals surface area contributed by atoms with Gasteiger partial charge in [-0.25, -0.2) is 13.4 Å². The summed E-state index contributed by atoms with van der Waals surface area (Å²) in [7, 11) is -3.76. The normalized spacial score (nSPS) is 13.0. The Balaban J connectivity index is 1.82. The van der Waals surface area contributed by atoms with E-state index >= 15 is 0 Å². The molecule has 184 valence electrons. The zero-order valence-electron chi connectivity index (χ0n) is 20.5. The molecule has 9 heteroatoms. The van der Waals surface area contributed by atoms with Gasteiger partial charge in [0, 0.05) is 25.6 Å². The third-order valence-corrected chi connectivity index (χ3v) is 7.73. The number of hydrogen-bond acceptors (Lipinski definition) is 6. The van der Waals surface area contributed by atoms with E-state index in [0.717, 1.165) is 28.1 Å². The van der Waals surface area contributed by atoms with Crippen molar-refractivity contribution in [3.63, 3.8) is 0 Å². The number of nitrogens with zero attached hydrogens (tertiary/aromatic N) is 3. The van der Waals surface area contributed by atoms with Crippen LogP contribution in [0.15, 0.2) is 41.4 Å². The maximum atomic E-state index is 13.5. The van der Waals surface area contributed by atoms with Gasteiger partial charge in [-0.1, -0.05) is 39.8 Å². The van der Waals surface area contributed by atoms with Crippen LogP contribution in [0.25, 0.3) is 11.0 Å². The third kappa shape index (κ3) is 6.01. The SMILES string of the molecule is CCC(=O)OC[C@H](CC(C)C)N(CC)S(=O)(=O)c1ccc(Cc2nccc3[nH]c(C)nc23)cc1. The number of aromatic nitrogens is 3. The number of rotatable bonds is 11. The van der Waals surface area contributed by atoms with E-state index in [9.17, 15) is 13.2 Å². The molecule has 0 fully saturated rings. The average molecular weight is 487 g/mol. The summed E-state index contributed by atoms with van der Waals surface area (Å²) >= 11 is 0. The van der Waals surface area contributed by atoms with Gasteiger partial charge < -0.3 is 9.72 Å². The first-order chi connectivity index (χ1) is 16.1. The van der Waals surface area contributed by atoms with Crippen molar-refractivity contribution in [3.05, 3.63) is 53.6 Å². The summed E-state index contributed by atoms with van der Waals surface area (Å²) in [6.45, 7) is 9.82. The van der Waals surface area contributed by atoms with Gasteiger partial charge in [-0.05, 0) is 43.0 Å². The lowest BCUT2D eigenvalue weighted by molar-refractivity contribution is -0.144. The largest absolute Gasteiger partial charge is 0.464 e. The second kappa shape index (κ2) is 11.1. The summed E-state index contributed by atoms with van der Waals surface area (Å²) in [5, 5.41) is 0. The number of benzene rings is 1. The number of hydrogen-bond donors (Lipinski definition) is 1. The van der Waals surface area contributed by atoms with Crippen LogP contribution in [0.5, 0.6) is 0 Å². The average Bonchev–Trinajstić information content (AvgIpc) is 3.18. The van der Waals surface area contributed by atoms with Gasteiger partial charge in [0.2, 0.25) is 10.0 Å². The van der Waals surface area contributed by atoms with Gasteiger partial charge in [-0.2, -0.15) is 4.31 Å². The van der Waals surface area contributed by atoms with Gasteiger partial charge in [0.05, 0.1) is 22.1 Å². The van der Waals surface area contributed by atoms with Crippen molar-refractivity contribution >= 4 is 27.0 Å². The summed E-state index contributed by atoms with van der Waals surface area (Å²) in [5.41, 5.74) is 3.54. The first-order valence-corrected chi connectivity index (χ1v) is 13.2. The predicted molar refractivity (Wildman–Crippen MR) is 132 cm³/mol. The molecular weight excluding hydrogens is 452 g/mol. The first-order valence-electron chi connectivity index (χ1n) is 11.7. The fourth-order valence-electron chi connectivity index (χ4n) is 4.08. The number of ether oxygens (including phenoxy) is 1. The summed E-state index contributed by atoms with van der Waals surface area (Å²) < 4.78 is 33.8. The molecule has 0 aliphatic heterocycles. The van der Waals surface area contributed by atoms with E-state index in [1.54, 1.807) is 32.2 Å². The lowest BCUT2D eigenvalue weighted by Gasteiger charge is -2.31. The maximum absolute atomic E-state index is 13.5. The van der Waals surface area contributed by atoms with Crippen molar-refractivity contribution in [2.45, 2.75) is 64.8 Å². The molecule has 1 N–H and O–H groups in total. The number of imidazole rings is 1. The highest BCUT2D eigenvalue weighted by Gasteiger charge is 2.31. The highest BCUT2D eigenvalue weighted by molar-refractivity contribution is 7.89. The van der Waals surface area contributed by atoms with Gasteiger partial charge in [-0.15, -0.1) is 0 Å². The highest BCUT2D eigenvalue weighted by atomic mass is 32.2. The second-order valence-electron chi connectivity index (χ2n) is 8.83. The quantitative estimate of drug-likeness (QED) is 0.407. The van der Waals surface area contributed by atoms with Crippen molar-refractivity contribution < 1.29 is 17.9 Å². The molecule has 0 spiro atoms. The molecule has 3 aromatic rings. The van der Waals surface area contributed by atoms with E-state index < -0.39 is 16.1 Å². The molecule has 0 unspecified atom stereocenters. The Bertz CT molecular complexity index is 1220. The predicted octanol–water partition coefficient (Wildman–Crippen LogP) is 4.24. The molecule has 8 nitrogen and oxygen atoms in total. The number of esters is 1. The monoisotopic (exact) mass is 486 g/mol. The summed E-state index contributed by atoms with van der Waals surface area (Å²) in [5.74, 6) is 0.742. The molecule has 3 rings (SSSR count). The molecule has 1 aromatic carbocycles. The van der Waals surface area contributed by atoms with Crippen LogP contribution in [0.3, 0.4) is 0 Å². The molecule has 0 radical (unpaired) electrons. The number of H-pyrrole nitrogens is 1. The Morgan fingerprint density at radius 1 is 1.15 bits per heavy atom. The number of aromatic amines is 1. The number of carbonyl (C=O) groups is 1. The molecule has 0 saturated heterocycles. The standard InChI is InChI=1S/C25H34N4O4S/c1-6-24(30)33-16-20(14-17(3)4)29(7-2)34(31,32)21-10-8-19(9-11-21)15-23-25-22(12-13-26-23)27-18(5)28-25/h8-13,17,20H,6-7,14-16H2,1-5H3,(H,27,28)/t20-/m0/s1. The molecule has 0 saturated carbocycles. The highest BCUT2D eigenvalue weighted by Crippen LogP contribution is 2.24. The van der Waals surface area contributed by atoms with Crippen LogP contribution in [0.4, 0.5) is 0 Å². The second-order valence-corrected chi connectivity index (χ2v) is 10.7. The topological polar surface area (TPSA) is 105 Å². The van der Waals surface area contributed by atoms with Crippen LogP contribution in [0.2, 0.25) is 0 Å². The van der Waals surface area contributed by atoms with Crippen LogP contribution >= 0.6 is 0 Å². The number of fused-ring (bicyclic) bond motifs is 1. The molecule has 2 aromatic heterocycles. The van der Waals surface area contributed by atoms with Crippen LogP contribution < -0.4 is 0 Å². The number of nitrogens with one attached hydrogen (secondary N) is 1. The smallest absolute Gasteiger partial charge is 0.305 e. The number of aryl methyl sites for hydroxylation is 1. The molecular formula is C25H34N4O4S. The van der Waals surface area contributed by atoms with Crippen LogP contribution in [0.1, 0.15) is 57.6 Å². The van der Waals surface area contributed by atoms with E-state index in [4.69, 9.17) is 4.74 Å². The van der Waals surface area contributed by atoms with E-state index in [1.165, 1.54) is 4.31 Å². The molecule has 34 heavy (non-hydrogen) atoms. The van der Waals surface area contributed by atoms with Crippen molar-refractivity contribution in [2.24, 2.45) is 5.92 Å². The Morgan fingerprint density at radius 3 is 2.47 bits per heavy atom. The summed E-state index contributed by atoms with van der Waals surface area (Å²) in [4.78, 5) is 24.1. The van der Waals surface area contributed by atoms with Gasteiger partial charge in [0.1, 0.15) is 17.9 Å². The molecule has 0 aliphatic carbocycles. The van der Waals surface area contributed by atoms with Crippen molar-refractivity contribution in [1.82, 2.24) is 19.3 Å². The Labute approximate surface area is 201 Å². The number of carbonyl (C=O) groups excluding carboxylic acids is 1.